The van der Waals surface area contributed by atoms with E-state index in [1.165, 1.54) is 79.8 Å². The zero-order valence-electron chi connectivity index (χ0n) is 38.7. The van der Waals surface area contributed by atoms with Crippen LogP contribution in [0, 0.1) is 0 Å². The number of phenols is 3. The highest BCUT2D eigenvalue weighted by Gasteiger charge is 2.73. The van der Waals surface area contributed by atoms with Crippen LogP contribution in [-0.4, -0.2) is 86.9 Å². The van der Waals surface area contributed by atoms with Gasteiger partial charge in [0.2, 0.25) is 5.41 Å². The molecule has 8 amide bonds. The minimum Gasteiger partial charge on any atom is -0.508 e. The van der Waals surface area contributed by atoms with Gasteiger partial charge in [-0.25, -0.2) is 14.7 Å². The topological polar surface area (TPSA) is 229 Å². The van der Waals surface area contributed by atoms with E-state index < -0.39 is 121 Å². The Bertz CT molecular complexity index is 3900. The molecule has 11 rings (SSSR count). The molecule has 23 heteroatoms. The highest BCUT2D eigenvalue weighted by molar-refractivity contribution is 6.36. The lowest BCUT2D eigenvalue weighted by Gasteiger charge is -2.39. The number of hydrogen-bond donors (Lipinski definition) is 3. The summed E-state index contributed by atoms with van der Waals surface area (Å²) in [5.41, 5.74) is -12.5. The Morgan fingerprint density at radius 3 is 1.10 bits per heavy atom. The lowest BCUT2D eigenvalue weighted by Crippen LogP contribution is -2.55. The first kappa shape index (κ1) is 48.9. The van der Waals surface area contributed by atoms with Crippen molar-refractivity contribution in [3.05, 3.63) is 189 Å². The van der Waals surface area contributed by atoms with Crippen molar-refractivity contribution in [3.8, 4) is 40.2 Å². The van der Waals surface area contributed by atoms with Gasteiger partial charge in [-0.1, -0.05) is 18.2 Å². The number of amides is 8. The van der Waals surface area contributed by atoms with Gasteiger partial charge in [0.25, 0.3) is 47.3 Å². The summed E-state index contributed by atoms with van der Waals surface area (Å²) in [6, 6.07) is 21.1. The fourth-order valence-corrected chi connectivity index (χ4v) is 9.68. The first-order chi connectivity index (χ1) is 36.4. The Hall–Kier alpha value is -10.3. The molecule has 4 aliphatic rings. The minimum absolute atomic E-state index is 0.00233. The van der Waals surface area contributed by atoms with E-state index >= 15 is 26.3 Å². The second-order valence-electron chi connectivity index (χ2n) is 17.7. The molecule has 0 aliphatic carbocycles. The summed E-state index contributed by atoms with van der Waals surface area (Å²) in [6.45, 7) is 0. The molecule has 4 aliphatic heterocycles. The van der Waals surface area contributed by atoms with Crippen LogP contribution in [0.5, 0.6) is 40.2 Å². The van der Waals surface area contributed by atoms with E-state index in [4.69, 9.17) is 9.47 Å². The van der Waals surface area contributed by atoms with Crippen LogP contribution in [0.2, 0.25) is 0 Å². The van der Waals surface area contributed by atoms with E-state index in [1.54, 1.807) is 0 Å². The first-order valence-corrected chi connectivity index (χ1v) is 22.4. The second-order valence-corrected chi connectivity index (χ2v) is 17.7. The van der Waals surface area contributed by atoms with Crippen molar-refractivity contribution in [2.24, 2.45) is 0 Å². The molecule has 0 saturated heterocycles. The van der Waals surface area contributed by atoms with Crippen LogP contribution < -0.4 is 24.2 Å². The number of imide groups is 4. The Kier molecular flexibility index (Phi) is 10.7. The van der Waals surface area contributed by atoms with Gasteiger partial charge < -0.3 is 24.8 Å². The maximum atomic E-state index is 15.8. The van der Waals surface area contributed by atoms with Crippen molar-refractivity contribution in [1.29, 1.82) is 0 Å². The summed E-state index contributed by atoms with van der Waals surface area (Å²) in [4.78, 5) is 109. The number of phenolic OH excluding ortho intramolecular Hbond substituents is 3. The van der Waals surface area contributed by atoms with Crippen molar-refractivity contribution in [2.75, 3.05) is 21.7 Å². The van der Waals surface area contributed by atoms with Crippen LogP contribution in [0.1, 0.15) is 94.0 Å². The maximum Gasteiger partial charge on any atom is 0.411 e. The third-order valence-corrected chi connectivity index (χ3v) is 13.3. The van der Waals surface area contributed by atoms with E-state index in [2.05, 4.69) is 0 Å². The number of halogens is 6. The SMILES string of the molecule is CN1C(=O)c2ccc(Oc3ccc4c(c3)C(=O)N(c3cc(C(c5ccc(O)c(N6C(=O)c7ccc(Oc8ccc9c(c8)C(=O)N(c8cccc(O)c8)C9=O)cc7C6=O)c5)(C(F)(F)F)C(F)(F)F)ccc3O)C4=O)cc2C1=O. The summed E-state index contributed by atoms with van der Waals surface area (Å²) in [7, 11) is 1.27. The van der Waals surface area contributed by atoms with Gasteiger partial charge in [0.15, 0.2) is 0 Å². The maximum absolute atomic E-state index is 15.8. The van der Waals surface area contributed by atoms with Crippen LogP contribution in [0.3, 0.4) is 0 Å². The van der Waals surface area contributed by atoms with E-state index in [9.17, 15) is 53.7 Å². The van der Waals surface area contributed by atoms with Crippen molar-refractivity contribution >= 4 is 64.3 Å². The van der Waals surface area contributed by atoms with Crippen molar-refractivity contribution in [1.82, 2.24) is 4.90 Å². The summed E-state index contributed by atoms with van der Waals surface area (Å²) >= 11 is 0. The molecule has 0 bridgehead atoms. The molecule has 17 nitrogen and oxygen atoms in total. The van der Waals surface area contributed by atoms with Gasteiger partial charge in [-0.3, -0.25) is 43.3 Å². The van der Waals surface area contributed by atoms with E-state index in [0.717, 1.165) is 34.1 Å². The second kappa shape index (κ2) is 16.9. The summed E-state index contributed by atoms with van der Waals surface area (Å²) in [5.74, 6) is -10.7. The molecule has 0 unspecified atom stereocenters. The third-order valence-electron chi connectivity index (χ3n) is 13.3. The molecule has 3 N–H and O–H groups in total. The number of carbonyl (C=O) groups is 8. The number of nitrogens with zero attached hydrogens (tertiary/aromatic N) is 4. The smallest absolute Gasteiger partial charge is 0.411 e. The monoisotopic (exact) mass is 1050 g/mol. The highest BCUT2D eigenvalue weighted by atomic mass is 19.4. The molecule has 384 valence electrons. The van der Waals surface area contributed by atoms with Crippen molar-refractivity contribution in [2.45, 2.75) is 17.8 Å². The molecule has 0 fully saturated rings. The van der Waals surface area contributed by atoms with Gasteiger partial charge in [0.1, 0.15) is 40.2 Å². The Morgan fingerprint density at radius 2 is 0.714 bits per heavy atom. The molecule has 0 radical (unpaired) electrons. The Labute approximate surface area is 426 Å². The number of ether oxygens (including phenoxy) is 2. The number of fused-ring (bicyclic) bond motifs is 4. The molecule has 4 heterocycles. The van der Waals surface area contributed by atoms with E-state index in [0.29, 0.717) is 12.1 Å². The average molecular weight is 1050 g/mol. The number of hydrogen-bond acceptors (Lipinski definition) is 13. The summed E-state index contributed by atoms with van der Waals surface area (Å²) < 4.78 is 106. The predicted molar refractivity (Wildman–Crippen MR) is 253 cm³/mol. The molecular weight excluding hydrogens is 1030 g/mol. The third kappa shape index (κ3) is 7.25. The molecule has 7 aromatic rings. The predicted octanol–water partition coefficient (Wildman–Crippen LogP) is 9.43. The normalized spacial score (nSPS) is 15.2. The standard InChI is InChI=1S/C54H28F6N4O13/c1-61-44(68)32-11-7-28(20-36(32)45(61)69)76-30-9-13-34-38(22-30)50(74)63(47(34)71)40-17-24(5-15-42(40)66)52(53(55,56)57,54(58,59)60)25-6-16-43(67)41(18-25)64-48(72)35-14-10-31(23-39(35)51(64)75)77-29-8-12-33-37(21-29)49(73)62(46(33)70)26-3-2-4-27(65)19-26/h2-23,65-67H,1H3. The number of alkyl halides is 6. The van der Waals surface area contributed by atoms with Gasteiger partial charge in [0, 0.05) is 13.1 Å². The van der Waals surface area contributed by atoms with Gasteiger partial charge in [-0.2, -0.15) is 26.3 Å². The van der Waals surface area contributed by atoms with Crippen LogP contribution in [0.25, 0.3) is 0 Å². The number of anilines is 3. The van der Waals surface area contributed by atoms with Crippen molar-refractivity contribution < 1.29 is 89.5 Å². The summed E-state index contributed by atoms with van der Waals surface area (Å²) in [6.07, 6.45) is -12.8. The quantitative estimate of drug-likeness (QED) is 0.0905. The summed E-state index contributed by atoms with van der Waals surface area (Å²) in [5, 5.41) is 31.9. The molecule has 77 heavy (non-hydrogen) atoms. The largest absolute Gasteiger partial charge is 0.508 e. The molecule has 0 saturated carbocycles. The van der Waals surface area contributed by atoms with Crippen LogP contribution in [0.4, 0.5) is 43.4 Å². The van der Waals surface area contributed by atoms with Gasteiger partial charge in [-0.05, 0) is 120 Å². The fraction of sp³-hybridized carbons (Fsp3) is 0.0741. The molecular formula is C54H28F6N4O13. The number of aromatic hydroxyl groups is 3. The van der Waals surface area contributed by atoms with Gasteiger partial charge in [0.05, 0.1) is 61.6 Å². The molecule has 0 atom stereocenters. The van der Waals surface area contributed by atoms with Crippen molar-refractivity contribution in [3.63, 3.8) is 0 Å². The number of benzene rings is 7. The van der Waals surface area contributed by atoms with Gasteiger partial charge >= 0.3 is 12.4 Å². The fourth-order valence-electron chi connectivity index (χ4n) is 9.68. The van der Waals surface area contributed by atoms with Gasteiger partial charge in [-0.15, -0.1) is 0 Å². The Morgan fingerprint density at radius 1 is 0.377 bits per heavy atom. The zero-order chi connectivity index (χ0) is 54.9. The number of rotatable bonds is 9. The highest BCUT2D eigenvalue weighted by Crippen LogP contribution is 2.58. The zero-order valence-corrected chi connectivity index (χ0v) is 38.7. The van der Waals surface area contributed by atoms with Crippen LogP contribution in [-0.2, 0) is 5.41 Å². The van der Waals surface area contributed by atoms with Crippen LogP contribution in [0.15, 0.2) is 133 Å². The van der Waals surface area contributed by atoms with E-state index in [1.807, 2.05) is 0 Å². The minimum atomic E-state index is -6.39. The number of carbonyl (C=O) groups excluding carboxylic acids is 8. The molecule has 0 spiro atoms. The first-order valence-electron chi connectivity index (χ1n) is 22.4. The average Bonchev–Trinajstić information content (AvgIpc) is 4.08. The lowest BCUT2D eigenvalue weighted by molar-refractivity contribution is -0.288. The van der Waals surface area contributed by atoms with Crippen LogP contribution >= 0.6 is 0 Å². The molecule has 0 aromatic heterocycles. The molecule has 7 aromatic carbocycles. The Balaban J connectivity index is 0.901. The lowest BCUT2D eigenvalue weighted by atomic mass is 9.72. The van der Waals surface area contributed by atoms with E-state index in [-0.39, 0.29) is 90.8 Å².